The summed E-state index contributed by atoms with van der Waals surface area (Å²) in [6.45, 7) is 0.155. The average molecular weight is 319 g/mol. The van der Waals surface area contributed by atoms with Gasteiger partial charge in [0.2, 0.25) is 5.91 Å². The van der Waals surface area contributed by atoms with Crippen molar-refractivity contribution in [3.8, 4) is 0 Å². The third-order valence-corrected chi connectivity index (χ3v) is 4.26. The number of thiophene rings is 1. The number of rotatable bonds is 2. The third-order valence-electron chi connectivity index (χ3n) is 2.65. The Morgan fingerprint density at radius 3 is 2.76 bits per heavy atom. The fourth-order valence-electron chi connectivity index (χ4n) is 1.88. The van der Waals surface area contributed by atoms with Gasteiger partial charge in [-0.15, -0.1) is 11.3 Å². The Bertz CT molecular complexity index is 462. The maximum absolute atomic E-state index is 12.1. The molecule has 0 spiro atoms. The number of carbonyl (C=O) groups excluding carboxylic acids is 2. The van der Waals surface area contributed by atoms with Crippen LogP contribution in [-0.4, -0.2) is 40.5 Å². The van der Waals surface area contributed by atoms with Gasteiger partial charge in [-0.05, 0) is 28.1 Å². The first-order chi connectivity index (χ1) is 7.99. The fraction of sp³-hybridized carbons (Fsp3) is 0.400. The Hall–Kier alpha value is -0.920. The van der Waals surface area contributed by atoms with E-state index in [1.807, 2.05) is 0 Å². The molecule has 1 aliphatic heterocycles. The Kier molecular flexibility index (Phi) is 3.50. The first-order valence-corrected chi connectivity index (χ1v) is 6.63. The minimum absolute atomic E-state index is 0.155. The van der Waals surface area contributed by atoms with Crippen molar-refractivity contribution in [1.29, 1.82) is 0 Å². The van der Waals surface area contributed by atoms with E-state index in [0.717, 1.165) is 3.79 Å². The van der Waals surface area contributed by atoms with Gasteiger partial charge in [-0.2, -0.15) is 0 Å². The fourth-order valence-corrected chi connectivity index (χ4v) is 3.22. The number of hydrogen-bond acceptors (Lipinski definition) is 4. The molecule has 2 heterocycles. The maximum atomic E-state index is 12.1. The molecule has 1 aliphatic rings. The molecule has 1 saturated heterocycles. The van der Waals surface area contributed by atoms with E-state index in [1.165, 1.54) is 16.2 Å². The number of nitrogens with zero attached hydrogens (tertiary/aromatic N) is 1. The van der Waals surface area contributed by atoms with Crippen molar-refractivity contribution in [1.82, 2.24) is 4.90 Å². The van der Waals surface area contributed by atoms with Crippen molar-refractivity contribution < 1.29 is 14.7 Å². The van der Waals surface area contributed by atoms with Gasteiger partial charge in [-0.25, -0.2) is 0 Å². The van der Waals surface area contributed by atoms with Crippen LogP contribution in [0.5, 0.6) is 0 Å². The summed E-state index contributed by atoms with van der Waals surface area (Å²) < 4.78 is 0.844. The highest BCUT2D eigenvalue weighted by Gasteiger charge is 2.38. The molecule has 1 aromatic rings. The molecular weight excluding hydrogens is 308 g/mol. The molecular formula is C10H11BrN2O3S. The van der Waals surface area contributed by atoms with E-state index < -0.39 is 18.1 Å². The smallest absolute Gasteiger partial charge is 0.264 e. The molecule has 2 atom stereocenters. The highest BCUT2D eigenvalue weighted by atomic mass is 79.9. The summed E-state index contributed by atoms with van der Waals surface area (Å²) in [7, 11) is 0. The van der Waals surface area contributed by atoms with Crippen molar-refractivity contribution in [3.05, 3.63) is 20.8 Å². The van der Waals surface area contributed by atoms with Crippen LogP contribution in [0.4, 0.5) is 0 Å². The number of halogens is 1. The predicted molar refractivity (Wildman–Crippen MR) is 66.7 cm³/mol. The monoisotopic (exact) mass is 318 g/mol. The standard InChI is InChI=1S/C10H11BrN2O3S/c11-8-2-1-7(17-8)10(16)13-4-5(14)3-6(13)9(12)15/h1-2,5-6,14H,3-4H2,(H2,12,15). The number of β-amino-alcohol motifs (C(OH)–C–C–N with tert-alkyl or cyclic N) is 1. The van der Waals surface area contributed by atoms with Crippen LogP contribution in [0.1, 0.15) is 16.1 Å². The summed E-state index contributed by atoms with van der Waals surface area (Å²) in [6, 6.07) is 2.74. The summed E-state index contributed by atoms with van der Waals surface area (Å²) in [5.74, 6) is -0.841. The average Bonchev–Trinajstić information content (AvgIpc) is 2.83. The maximum Gasteiger partial charge on any atom is 0.264 e. The molecule has 2 amide bonds. The molecule has 5 nitrogen and oxygen atoms in total. The summed E-state index contributed by atoms with van der Waals surface area (Å²) in [5.41, 5.74) is 5.22. The topological polar surface area (TPSA) is 83.6 Å². The molecule has 0 saturated carbocycles. The molecule has 92 valence electrons. The molecule has 17 heavy (non-hydrogen) atoms. The number of aliphatic hydroxyl groups excluding tert-OH is 1. The van der Waals surface area contributed by atoms with Crippen LogP contribution in [-0.2, 0) is 4.79 Å². The lowest BCUT2D eigenvalue weighted by Gasteiger charge is -2.20. The number of nitrogens with two attached hydrogens (primary N) is 1. The second kappa shape index (κ2) is 4.75. The van der Waals surface area contributed by atoms with Gasteiger partial charge in [-0.3, -0.25) is 9.59 Å². The van der Waals surface area contributed by atoms with E-state index in [2.05, 4.69) is 15.9 Å². The van der Waals surface area contributed by atoms with E-state index in [0.29, 0.717) is 4.88 Å². The quantitative estimate of drug-likeness (QED) is 0.836. The van der Waals surface area contributed by atoms with E-state index in [4.69, 9.17) is 5.73 Å². The zero-order valence-electron chi connectivity index (χ0n) is 8.80. The van der Waals surface area contributed by atoms with Crippen molar-refractivity contribution in [2.75, 3.05) is 6.54 Å². The lowest BCUT2D eigenvalue weighted by atomic mass is 10.2. The second-order valence-corrected chi connectivity index (χ2v) is 6.33. The highest BCUT2D eigenvalue weighted by Crippen LogP contribution is 2.26. The Morgan fingerprint density at radius 1 is 1.53 bits per heavy atom. The number of primary amides is 1. The van der Waals surface area contributed by atoms with Gasteiger partial charge < -0.3 is 15.7 Å². The Labute approximate surface area is 110 Å². The summed E-state index contributed by atoms with van der Waals surface area (Å²) in [6.07, 6.45) is -0.465. The summed E-state index contributed by atoms with van der Waals surface area (Å²) >= 11 is 4.56. The number of hydrogen-bond donors (Lipinski definition) is 2. The molecule has 3 N–H and O–H groups in total. The predicted octanol–water partition coefficient (Wildman–Crippen LogP) is 0.571. The molecule has 1 aromatic heterocycles. The Balaban J connectivity index is 2.21. The first kappa shape index (κ1) is 12.5. The van der Waals surface area contributed by atoms with Crippen LogP contribution in [0.2, 0.25) is 0 Å². The number of likely N-dealkylation sites (tertiary alicyclic amines) is 1. The van der Waals surface area contributed by atoms with E-state index >= 15 is 0 Å². The number of carbonyl (C=O) groups is 2. The van der Waals surface area contributed by atoms with Crippen molar-refractivity contribution in [3.63, 3.8) is 0 Å². The molecule has 0 bridgehead atoms. The van der Waals surface area contributed by atoms with Crippen LogP contribution in [0.25, 0.3) is 0 Å². The molecule has 0 aliphatic carbocycles. The van der Waals surface area contributed by atoms with Gasteiger partial charge in [0.05, 0.1) is 14.8 Å². The van der Waals surface area contributed by atoms with Crippen LogP contribution < -0.4 is 5.73 Å². The van der Waals surface area contributed by atoms with Gasteiger partial charge in [0.25, 0.3) is 5.91 Å². The summed E-state index contributed by atoms with van der Waals surface area (Å²) in [4.78, 5) is 25.2. The minimum Gasteiger partial charge on any atom is -0.391 e. The van der Waals surface area contributed by atoms with Gasteiger partial charge in [0.15, 0.2) is 0 Å². The van der Waals surface area contributed by atoms with Crippen molar-refractivity contribution in [2.45, 2.75) is 18.6 Å². The number of aliphatic hydroxyl groups is 1. The second-order valence-electron chi connectivity index (χ2n) is 3.87. The highest BCUT2D eigenvalue weighted by molar-refractivity contribution is 9.11. The molecule has 0 radical (unpaired) electrons. The zero-order valence-corrected chi connectivity index (χ0v) is 11.2. The number of amides is 2. The first-order valence-electron chi connectivity index (χ1n) is 5.02. The van der Waals surface area contributed by atoms with Crippen LogP contribution in [0, 0.1) is 0 Å². The van der Waals surface area contributed by atoms with Crippen LogP contribution in [0.15, 0.2) is 15.9 Å². The SMILES string of the molecule is NC(=O)C1CC(O)CN1C(=O)c1ccc(Br)s1. The van der Waals surface area contributed by atoms with Crippen LogP contribution >= 0.6 is 27.3 Å². The normalized spacial score (nSPS) is 24.0. The zero-order chi connectivity index (χ0) is 12.6. The Morgan fingerprint density at radius 2 is 2.24 bits per heavy atom. The van der Waals surface area contributed by atoms with E-state index in [-0.39, 0.29) is 18.9 Å². The lowest BCUT2D eigenvalue weighted by molar-refractivity contribution is -0.121. The molecule has 0 aromatic carbocycles. The molecule has 2 unspecified atom stereocenters. The molecule has 1 fully saturated rings. The third kappa shape index (κ3) is 2.51. The van der Waals surface area contributed by atoms with Gasteiger partial charge in [-0.1, -0.05) is 0 Å². The minimum atomic E-state index is -0.710. The largest absolute Gasteiger partial charge is 0.391 e. The van der Waals surface area contributed by atoms with E-state index in [1.54, 1.807) is 12.1 Å². The van der Waals surface area contributed by atoms with Crippen molar-refractivity contribution >= 4 is 39.1 Å². The van der Waals surface area contributed by atoms with Gasteiger partial charge in [0, 0.05) is 13.0 Å². The van der Waals surface area contributed by atoms with Gasteiger partial charge in [0.1, 0.15) is 6.04 Å². The molecule has 7 heteroatoms. The lowest BCUT2D eigenvalue weighted by Crippen LogP contribution is -2.43. The van der Waals surface area contributed by atoms with Gasteiger partial charge >= 0.3 is 0 Å². The van der Waals surface area contributed by atoms with E-state index in [9.17, 15) is 14.7 Å². The van der Waals surface area contributed by atoms with Crippen LogP contribution in [0.3, 0.4) is 0 Å². The summed E-state index contributed by atoms with van der Waals surface area (Å²) in [5, 5.41) is 9.51. The van der Waals surface area contributed by atoms with Crippen molar-refractivity contribution in [2.24, 2.45) is 5.73 Å². The molecule has 2 rings (SSSR count).